The highest BCUT2D eigenvalue weighted by atomic mass is 16.4. The SMILES string of the molecule is CCCC(=O)O.CCCCCCC(C)C(C)(C)N. The molecule has 3 nitrogen and oxygen atoms in total. The molecule has 110 valence electrons. The highest BCUT2D eigenvalue weighted by molar-refractivity contribution is 5.66. The average molecular weight is 259 g/mol. The molecule has 0 saturated heterocycles. The summed E-state index contributed by atoms with van der Waals surface area (Å²) in [5.41, 5.74) is 6.00. The van der Waals surface area contributed by atoms with Crippen LogP contribution < -0.4 is 5.73 Å². The molecule has 0 amide bonds. The van der Waals surface area contributed by atoms with Gasteiger partial charge in [0, 0.05) is 12.0 Å². The van der Waals surface area contributed by atoms with E-state index in [-0.39, 0.29) is 5.54 Å². The first kappa shape index (κ1) is 19.8. The van der Waals surface area contributed by atoms with Gasteiger partial charge in [-0.15, -0.1) is 0 Å². The number of hydrogen-bond acceptors (Lipinski definition) is 2. The quantitative estimate of drug-likeness (QED) is 0.642. The van der Waals surface area contributed by atoms with Crippen LogP contribution in [0.4, 0.5) is 0 Å². The van der Waals surface area contributed by atoms with E-state index in [1.54, 1.807) is 0 Å². The normalized spacial score (nSPS) is 12.6. The average Bonchev–Trinajstić information content (AvgIpc) is 2.23. The molecule has 0 heterocycles. The van der Waals surface area contributed by atoms with Crippen molar-refractivity contribution in [3.63, 3.8) is 0 Å². The Labute approximate surface area is 113 Å². The van der Waals surface area contributed by atoms with Crippen molar-refractivity contribution in [2.75, 3.05) is 0 Å². The molecule has 0 fully saturated rings. The van der Waals surface area contributed by atoms with E-state index in [2.05, 4.69) is 27.7 Å². The van der Waals surface area contributed by atoms with Gasteiger partial charge in [-0.1, -0.05) is 46.5 Å². The minimum absolute atomic E-state index is 0.00617. The van der Waals surface area contributed by atoms with E-state index >= 15 is 0 Å². The summed E-state index contributed by atoms with van der Waals surface area (Å²) >= 11 is 0. The Bertz CT molecular complexity index is 197. The van der Waals surface area contributed by atoms with E-state index in [0.29, 0.717) is 12.3 Å². The second-order valence-corrected chi connectivity index (χ2v) is 5.72. The predicted octanol–water partition coefficient (Wildman–Crippen LogP) is 4.20. The van der Waals surface area contributed by atoms with Crippen molar-refractivity contribution in [2.24, 2.45) is 11.7 Å². The van der Waals surface area contributed by atoms with E-state index in [4.69, 9.17) is 10.8 Å². The molecule has 0 aliphatic rings. The van der Waals surface area contributed by atoms with Crippen LogP contribution in [0.25, 0.3) is 0 Å². The summed E-state index contributed by atoms with van der Waals surface area (Å²) < 4.78 is 0. The lowest BCUT2D eigenvalue weighted by Crippen LogP contribution is -2.39. The molecule has 0 saturated carbocycles. The molecule has 3 N–H and O–H groups in total. The molecule has 1 atom stereocenters. The minimum Gasteiger partial charge on any atom is -0.481 e. The smallest absolute Gasteiger partial charge is 0.303 e. The standard InChI is InChI=1S/C11H25N.C4H8O2/c1-5-6-7-8-9-10(2)11(3,4)12;1-2-3-4(5)6/h10H,5-9,12H2,1-4H3;2-3H2,1H3,(H,5,6). The van der Waals surface area contributed by atoms with Crippen LogP contribution in [0.15, 0.2) is 0 Å². The van der Waals surface area contributed by atoms with Crippen molar-refractivity contribution in [1.29, 1.82) is 0 Å². The number of rotatable bonds is 8. The van der Waals surface area contributed by atoms with Crippen molar-refractivity contribution in [3.8, 4) is 0 Å². The summed E-state index contributed by atoms with van der Waals surface area (Å²) in [5.74, 6) is -0.0631. The third-order valence-corrected chi connectivity index (χ3v) is 3.22. The van der Waals surface area contributed by atoms with Crippen LogP contribution in [0.5, 0.6) is 0 Å². The van der Waals surface area contributed by atoms with Gasteiger partial charge in [-0.05, 0) is 32.6 Å². The number of nitrogens with two attached hydrogens (primary N) is 1. The van der Waals surface area contributed by atoms with Crippen molar-refractivity contribution < 1.29 is 9.90 Å². The van der Waals surface area contributed by atoms with Crippen LogP contribution in [0.3, 0.4) is 0 Å². The lowest BCUT2D eigenvalue weighted by atomic mass is 9.86. The molecule has 0 bridgehead atoms. The Morgan fingerprint density at radius 3 is 2.00 bits per heavy atom. The first-order valence-electron chi connectivity index (χ1n) is 7.26. The first-order valence-corrected chi connectivity index (χ1v) is 7.26. The van der Waals surface area contributed by atoms with E-state index in [0.717, 1.165) is 6.42 Å². The van der Waals surface area contributed by atoms with Gasteiger partial charge in [0.25, 0.3) is 0 Å². The van der Waals surface area contributed by atoms with Gasteiger partial charge < -0.3 is 10.8 Å². The molecule has 0 aromatic rings. The maximum atomic E-state index is 9.60. The summed E-state index contributed by atoms with van der Waals surface area (Å²) in [6.45, 7) is 10.6. The van der Waals surface area contributed by atoms with Crippen LogP contribution in [-0.4, -0.2) is 16.6 Å². The van der Waals surface area contributed by atoms with E-state index in [1.165, 1.54) is 32.1 Å². The van der Waals surface area contributed by atoms with Gasteiger partial charge in [-0.3, -0.25) is 4.79 Å². The Morgan fingerprint density at radius 1 is 1.17 bits per heavy atom. The summed E-state index contributed by atoms with van der Waals surface area (Å²) in [6, 6.07) is 0. The van der Waals surface area contributed by atoms with Crippen LogP contribution in [0.2, 0.25) is 0 Å². The number of unbranched alkanes of at least 4 members (excludes halogenated alkanes) is 3. The van der Waals surface area contributed by atoms with E-state index in [9.17, 15) is 4.79 Å². The largest absolute Gasteiger partial charge is 0.481 e. The maximum Gasteiger partial charge on any atom is 0.303 e. The van der Waals surface area contributed by atoms with Crippen molar-refractivity contribution in [1.82, 2.24) is 0 Å². The topological polar surface area (TPSA) is 63.3 Å². The molecule has 0 aromatic heterocycles. The summed E-state index contributed by atoms with van der Waals surface area (Å²) in [6.07, 6.45) is 7.71. The van der Waals surface area contributed by atoms with Gasteiger partial charge in [-0.25, -0.2) is 0 Å². The molecule has 0 radical (unpaired) electrons. The van der Waals surface area contributed by atoms with E-state index in [1.807, 2.05) is 6.92 Å². The molecular formula is C15H33NO2. The molecule has 0 aliphatic carbocycles. The first-order chi connectivity index (χ1) is 8.25. The van der Waals surface area contributed by atoms with Crippen molar-refractivity contribution in [3.05, 3.63) is 0 Å². The van der Waals surface area contributed by atoms with Crippen LogP contribution >= 0.6 is 0 Å². The molecular weight excluding hydrogens is 226 g/mol. The molecule has 18 heavy (non-hydrogen) atoms. The van der Waals surface area contributed by atoms with Gasteiger partial charge in [0.15, 0.2) is 0 Å². The highest BCUT2D eigenvalue weighted by Crippen LogP contribution is 2.19. The minimum atomic E-state index is -0.711. The zero-order valence-electron chi connectivity index (χ0n) is 13.0. The van der Waals surface area contributed by atoms with Gasteiger partial charge in [0.1, 0.15) is 0 Å². The second kappa shape index (κ2) is 11.5. The van der Waals surface area contributed by atoms with E-state index < -0.39 is 5.97 Å². The van der Waals surface area contributed by atoms with Gasteiger partial charge in [0.2, 0.25) is 0 Å². The molecule has 0 aromatic carbocycles. The maximum absolute atomic E-state index is 9.60. The third-order valence-electron chi connectivity index (χ3n) is 3.22. The fourth-order valence-corrected chi connectivity index (χ4v) is 1.46. The number of carboxylic acid groups (broad SMARTS) is 1. The fourth-order valence-electron chi connectivity index (χ4n) is 1.46. The number of carbonyl (C=O) groups is 1. The molecule has 3 heteroatoms. The number of aliphatic carboxylic acids is 1. The zero-order chi connectivity index (χ0) is 14.6. The van der Waals surface area contributed by atoms with Crippen molar-refractivity contribution >= 4 is 5.97 Å². The van der Waals surface area contributed by atoms with Gasteiger partial charge in [-0.2, -0.15) is 0 Å². The lowest BCUT2D eigenvalue weighted by molar-refractivity contribution is -0.137. The van der Waals surface area contributed by atoms with Crippen LogP contribution in [0, 0.1) is 5.92 Å². The predicted molar refractivity (Wildman–Crippen MR) is 78.7 cm³/mol. The summed E-state index contributed by atoms with van der Waals surface area (Å²) in [7, 11) is 0. The summed E-state index contributed by atoms with van der Waals surface area (Å²) in [4.78, 5) is 9.60. The third kappa shape index (κ3) is 15.4. The Hall–Kier alpha value is -0.570. The fraction of sp³-hybridized carbons (Fsp3) is 0.933. The van der Waals surface area contributed by atoms with Gasteiger partial charge >= 0.3 is 5.97 Å². The van der Waals surface area contributed by atoms with Crippen LogP contribution in [0.1, 0.15) is 79.6 Å². The second-order valence-electron chi connectivity index (χ2n) is 5.72. The Balaban J connectivity index is 0. The number of carboxylic acids is 1. The van der Waals surface area contributed by atoms with Crippen LogP contribution in [-0.2, 0) is 4.79 Å². The molecule has 0 spiro atoms. The molecule has 1 unspecified atom stereocenters. The number of hydrogen-bond donors (Lipinski definition) is 2. The summed E-state index contributed by atoms with van der Waals surface area (Å²) in [5, 5.41) is 7.91. The highest BCUT2D eigenvalue weighted by Gasteiger charge is 2.19. The monoisotopic (exact) mass is 259 g/mol. The molecule has 0 aliphatic heterocycles. The Kier molecular flexibility index (Phi) is 12.6. The molecule has 0 rings (SSSR count). The lowest BCUT2D eigenvalue weighted by Gasteiger charge is -2.27. The Morgan fingerprint density at radius 2 is 1.72 bits per heavy atom. The van der Waals surface area contributed by atoms with Crippen molar-refractivity contribution in [2.45, 2.75) is 85.1 Å². The zero-order valence-corrected chi connectivity index (χ0v) is 13.0. The van der Waals surface area contributed by atoms with Gasteiger partial charge in [0.05, 0.1) is 0 Å².